The molecule has 5 nitrogen and oxygen atoms in total. The summed E-state index contributed by atoms with van der Waals surface area (Å²) in [6.07, 6.45) is 0. The Bertz CT molecular complexity index is 150. The Balaban J connectivity index is 3.66. The van der Waals surface area contributed by atoms with Crippen molar-refractivity contribution in [3.63, 3.8) is 0 Å². The van der Waals surface area contributed by atoms with Crippen molar-refractivity contribution >= 4 is 5.97 Å². The van der Waals surface area contributed by atoms with Crippen LogP contribution >= 0.6 is 0 Å². The SMILES string of the molecule is COC(=O)C(CN)NCCN(C)C. The fraction of sp³-hybridized carbons (Fsp3) is 0.875. The van der Waals surface area contributed by atoms with Gasteiger partial charge in [-0.1, -0.05) is 0 Å². The zero-order valence-electron chi connectivity index (χ0n) is 8.54. The molecular formula is C8H19N3O2. The predicted molar refractivity (Wildman–Crippen MR) is 51.4 cm³/mol. The lowest BCUT2D eigenvalue weighted by molar-refractivity contribution is -0.142. The third kappa shape index (κ3) is 5.57. The number of hydrogen-bond acceptors (Lipinski definition) is 5. The first-order valence-electron chi connectivity index (χ1n) is 4.27. The number of rotatable bonds is 6. The Kier molecular flexibility index (Phi) is 6.48. The topological polar surface area (TPSA) is 67.6 Å². The third-order valence-corrected chi connectivity index (χ3v) is 1.67. The summed E-state index contributed by atoms with van der Waals surface area (Å²) in [5.41, 5.74) is 5.39. The molecule has 0 aliphatic heterocycles. The molecule has 0 heterocycles. The van der Waals surface area contributed by atoms with E-state index in [0.29, 0.717) is 0 Å². The molecule has 0 aromatic carbocycles. The number of methoxy groups -OCH3 is 1. The van der Waals surface area contributed by atoms with Crippen LogP contribution in [0.2, 0.25) is 0 Å². The van der Waals surface area contributed by atoms with Gasteiger partial charge in [0, 0.05) is 19.6 Å². The number of likely N-dealkylation sites (N-methyl/N-ethyl adjacent to an activating group) is 1. The van der Waals surface area contributed by atoms with Gasteiger partial charge in [-0.15, -0.1) is 0 Å². The van der Waals surface area contributed by atoms with E-state index in [2.05, 4.69) is 10.1 Å². The third-order valence-electron chi connectivity index (χ3n) is 1.67. The van der Waals surface area contributed by atoms with Crippen LogP contribution < -0.4 is 11.1 Å². The highest BCUT2D eigenvalue weighted by Gasteiger charge is 2.15. The van der Waals surface area contributed by atoms with E-state index < -0.39 is 0 Å². The molecule has 0 fully saturated rings. The van der Waals surface area contributed by atoms with Crippen molar-refractivity contribution in [2.45, 2.75) is 6.04 Å². The average molecular weight is 189 g/mol. The van der Waals surface area contributed by atoms with Crippen molar-refractivity contribution in [2.75, 3.05) is 40.8 Å². The van der Waals surface area contributed by atoms with Gasteiger partial charge in [0.05, 0.1) is 7.11 Å². The fourth-order valence-electron chi connectivity index (χ4n) is 0.868. The highest BCUT2D eigenvalue weighted by molar-refractivity contribution is 5.75. The van der Waals surface area contributed by atoms with Gasteiger partial charge in [-0.3, -0.25) is 4.79 Å². The molecule has 0 rings (SSSR count). The summed E-state index contributed by atoms with van der Waals surface area (Å²) < 4.78 is 4.57. The van der Waals surface area contributed by atoms with Crippen molar-refractivity contribution in [1.29, 1.82) is 0 Å². The molecule has 0 aliphatic rings. The van der Waals surface area contributed by atoms with Crippen molar-refractivity contribution < 1.29 is 9.53 Å². The standard InChI is InChI=1S/C8H19N3O2/c1-11(2)5-4-10-7(6-9)8(12)13-3/h7,10H,4-6,9H2,1-3H3. The van der Waals surface area contributed by atoms with E-state index in [4.69, 9.17) is 5.73 Å². The molecule has 0 spiro atoms. The van der Waals surface area contributed by atoms with Gasteiger partial charge < -0.3 is 20.7 Å². The van der Waals surface area contributed by atoms with Crippen LogP contribution in [0.4, 0.5) is 0 Å². The summed E-state index contributed by atoms with van der Waals surface area (Å²) in [7, 11) is 5.30. The number of carbonyl (C=O) groups is 1. The Hall–Kier alpha value is -0.650. The molecule has 5 heteroatoms. The summed E-state index contributed by atoms with van der Waals surface area (Å²) in [5.74, 6) is -0.304. The molecule has 0 aliphatic carbocycles. The Labute approximate surface area is 79.2 Å². The number of esters is 1. The number of ether oxygens (including phenoxy) is 1. The second kappa shape index (κ2) is 6.82. The van der Waals surface area contributed by atoms with E-state index in [1.165, 1.54) is 7.11 Å². The zero-order valence-corrected chi connectivity index (χ0v) is 8.54. The van der Waals surface area contributed by atoms with Crippen LogP contribution in [-0.2, 0) is 9.53 Å². The summed E-state index contributed by atoms with van der Waals surface area (Å²) in [6, 6.07) is -0.384. The van der Waals surface area contributed by atoms with Gasteiger partial charge in [0.25, 0.3) is 0 Å². The van der Waals surface area contributed by atoms with Crippen molar-refractivity contribution in [3.05, 3.63) is 0 Å². The lowest BCUT2D eigenvalue weighted by Gasteiger charge is -2.16. The summed E-state index contributed by atoms with van der Waals surface area (Å²) in [6.45, 7) is 1.86. The molecule has 0 saturated heterocycles. The zero-order chi connectivity index (χ0) is 10.3. The molecule has 78 valence electrons. The summed E-state index contributed by atoms with van der Waals surface area (Å²) in [5, 5.41) is 3.01. The lowest BCUT2D eigenvalue weighted by Crippen LogP contribution is -2.45. The smallest absolute Gasteiger partial charge is 0.324 e. The van der Waals surface area contributed by atoms with E-state index in [0.717, 1.165) is 13.1 Å². The maximum atomic E-state index is 11.0. The number of nitrogens with one attached hydrogen (secondary N) is 1. The van der Waals surface area contributed by atoms with Crippen molar-refractivity contribution in [2.24, 2.45) is 5.73 Å². The minimum absolute atomic E-state index is 0.264. The van der Waals surface area contributed by atoms with Crippen LogP contribution in [0.1, 0.15) is 0 Å². The molecule has 1 unspecified atom stereocenters. The number of carbonyl (C=O) groups excluding carboxylic acids is 1. The number of nitrogens with zero attached hydrogens (tertiary/aromatic N) is 1. The molecule has 0 radical (unpaired) electrons. The minimum Gasteiger partial charge on any atom is -0.468 e. The van der Waals surface area contributed by atoms with Crippen LogP contribution in [0.3, 0.4) is 0 Å². The second-order valence-corrected chi connectivity index (χ2v) is 3.07. The second-order valence-electron chi connectivity index (χ2n) is 3.07. The maximum Gasteiger partial charge on any atom is 0.324 e. The Morgan fingerprint density at radius 2 is 2.23 bits per heavy atom. The van der Waals surface area contributed by atoms with Gasteiger partial charge in [-0.25, -0.2) is 0 Å². The number of nitrogens with two attached hydrogens (primary N) is 1. The molecule has 0 bridgehead atoms. The fourth-order valence-corrected chi connectivity index (χ4v) is 0.868. The summed E-state index contributed by atoms with van der Waals surface area (Å²) >= 11 is 0. The lowest BCUT2D eigenvalue weighted by atomic mass is 10.3. The van der Waals surface area contributed by atoms with Crippen molar-refractivity contribution in [1.82, 2.24) is 10.2 Å². The normalized spacial score (nSPS) is 13.0. The molecule has 13 heavy (non-hydrogen) atoms. The minimum atomic E-state index is -0.384. The van der Waals surface area contributed by atoms with E-state index >= 15 is 0 Å². The Morgan fingerprint density at radius 1 is 1.62 bits per heavy atom. The van der Waals surface area contributed by atoms with E-state index in [-0.39, 0.29) is 18.6 Å². The van der Waals surface area contributed by atoms with E-state index in [1.807, 2.05) is 19.0 Å². The van der Waals surface area contributed by atoms with Crippen LogP contribution in [0.25, 0.3) is 0 Å². The first kappa shape index (κ1) is 12.3. The average Bonchev–Trinajstić information content (AvgIpc) is 2.11. The van der Waals surface area contributed by atoms with Gasteiger partial charge in [0.15, 0.2) is 0 Å². The highest BCUT2D eigenvalue weighted by atomic mass is 16.5. The van der Waals surface area contributed by atoms with E-state index in [1.54, 1.807) is 0 Å². The quantitative estimate of drug-likeness (QED) is 0.505. The maximum absolute atomic E-state index is 11.0. The van der Waals surface area contributed by atoms with Crippen LogP contribution in [0.15, 0.2) is 0 Å². The molecule has 1 atom stereocenters. The predicted octanol–water partition coefficient (Wildman–Crippen LogP) is -1.36. The van der Waals surface area contributed by atoms with Gasteiger partial charge >= 0.3 is 5.97 Å². The molecule has 0 saturated carbocycles. The molecule has 3 N–H and O–H groups in total. The molecular weight excluding hydrogens is 170 g/mol. The van der Waals surface area contributed by atoms with Crippen LogP contribution in [0, 0.1) is 0 Å². The van der Waals surface area contributed by atoms with Crippen molar-refractivity contribution in [3.8, 4) is 0 Å². The van der Waals surface area contributed by atoms with Gasteiger partial charge in [0.1, 0.15) is 6.04 Å². The monoisotopic (exact) mass is 189 g/mol. The largest absolute Gasteiger partial charge is 0.468 e. The van der Waals surface area contributed by atoms with Crippen LogP contribution in [-0.4, -0.2) is 57.8 Å². The number of hydrogen-bond donors (Lipinski definition) is 2. The highest BCUT2D eigenvalue weighted by Crippen LogP contribution is 1.84. The van der Waals surface area contributed by atoms with Gasteiger partial charge in [-0.2, -0.15) is 0 Å². The molecule has 0 aromatic rings. The van der Waals surface area contributed by atoms with Gasteiger partial charge in [0.2, 0.25) is 0 Å². The first-order valence-corrected chi connectivity index (χ1v) is 4.27. The molecule has 0 amide bonds. The summed E-state index contributed by atoms with van der Waals surface area (Å²) in [4.78, 5) is 13.1. The first-order chi connectivity index (χ1) is 6.11. The van der Waals surface area contributed by atoms with Crippen LogP contribution in [0.5, 0.6) is 0 Å². The van der Waals surface area contributed by atoms with Gasteiger partial charge in [-0.05, 0) is 14.1 Å². The van der Waals surface area contributed by atoms with E-state index in [9.17, 15) is 4.79 Å². The molecule has 0 aromatic heterocycles. The Morgan fingerprint density at radius 3 is 2.62 bits per heavy atom.